The van der Waals surface area contributed by atoms with Gasteiger partial charge in [0.15, 0.2) is 5.13 Å². The van der Waals surface area contributed by atoms with Gasteiger partial charge < -0.3 is 10.6 Å². The minimum Gasteiger partial charge on any atom is -0.309 e. The molecule has 1 aliphatic rings. The second kappa shape index (κ2) is 6.29. The molecule has 1 atom stereocenters. The van der Waals surface area contributed by atoms with E-state index in [0.29, 0.717) is 0 Å². The van der Waals surface area contributed by atoms with Crippen LogP contribution in [0.5, 0.6) is 0 Å². The topological polar surface area (TPSA) is 54.0 Å². The molecule has 1 fully saturated rings. The van der Waals surface area contributed by atoms with Gasteiger partial charge in [0.05, 0.1) is 5.69 Å². The number of aromatic nitrogens is 1. The third kappa shape index (κ3) is 3.29. The molecule has 0 spiro atoms. The monoisotopic (exact) mass is 267 g/mol. The van der Waals surface area contributed by atoms with Gasteiger partial charge in [0.25, 0.3) is 0 Å². The minimum atomic E-state index is 0.143. The molecule has 1 aliphatic carbocycles. The number of thiazole rings is 1. The van der Waals surface area contributed by atoms with Gasteiger partial charge in [0.1, 0.15) is 0 Å². The van der Waals surface area contributed by atoms with E-state index in [1.165, 1.54) is 24.2 Å². The zero-order chi connectivity index (χ0) is 13.0. The van der Waals surface area contributed by atoms with Crippen LogP contribution >= 0.6 is 11.3 Å². The lowest BCUT2D eigenvalue weighted by molar-refractivity contribution is -0.119. The van der Waals surface area contributed by atoms with Crippen LogP contribution in [0.25, 0.3) is 0 Å². The molecule has 1 unspecified atom stereocenters. The van der Waals surface area contributed by atoms with Crippen LogP contribution in [0.1, 0.15) is 51.3 Å². The molecule has 1 amide bonds. The largest absolute Gasteiger partial charge is 0.309 e. The summed E-state index contributed by atoms with van der Waals surface area (Å²) >= 11 is 1.51. The lowest BCUT2D eigenvalue weighted by atomic mass is 10.1. The van der Waals surface area contributed by atoms with Crippen LogP contribution in [-0.2, 0) is 4.79 Å². The quantitative estimate of drug-likeness (QED) is 0.862. The Morgan fingerprint density at radius 2 is 2.28 bits per heavy atom. The van der Waals surface area contributed by atoms with Crippen molar-refractivity contribution in [1.82, 2.24) is 10.3 Å². The maximum atomic E-state index is 12.0. The van der Waals surface area contributed by atoms with Crippen LogP contribution in [0, 0.1) is 5.92 Å². The maximum absolute atomic E-state index is 12.0. The van der Waals surface area contributed by atoms with E-state index >= 15 is 0 Å². The second-order valence-corrected chi connectivity index (χ2v) is 5.69. The first-order chi connectivity index (χ1) is 8.70. The van der Waals surface area contributed by atoms with Gasteiger partial charge in [-0.1, -0.05) is 19.8 Å². The van der Waals surface area contributed by atoms with Crippen LogP contribution in [-0.4, -0.2) is 17.4 Å². The summed E-state index contributed by atoms with van der Waals surface area (Å²) in [6.07, 6.45) is 4.41. The van der Waals surface area contributed by atoms with E-state index in [2.05, 4.69) is 29.5 Å². The third-order valence-electron chi connectivity index (χ3n) is 3.43. The summed E-state index contributed by atoms with van der Waals surface area (Å²) in [4.78, 5) is 16.4. The van der Waals surface area contributed by atoms with Gasteiger partial charge in [-0.2, -0.15) is 0 Å². The number of anilines is 1. The molecule has 18 heavy (non-hydrogen) atoms. The van der Waals surface area contributed by atoms with Crippen molar-refractivity contribution in [2.45, 2.75) is 45.6 Å². The number of nitrogens with one attached hydrogen (secondary N) is 2. The summed E-state index contributed by atoms with van der Waals surface area (Å²) < 4.78 is 0. The molecule has 2 rings (SSSR count). The number of amides is 1. The van der Waals surface area contributed by atoms with Crippen LogP contribution < -0.4 is 10.6 Å². The third-order valence-corrected chi connectivity index (χ3v) is 4.21. The standard InChI is InChI=1S/C13H21N3OS/c1-3-14-9(2)11-8-18-13(15-11)16-12(17)10-6-4-5-7-10/h8-10,14H,3-7H2,1-2H3,(H,15,16,17). The Balaban J connectivity index is 1.91. The van der Waals surface area contributed by atoms with Crippen molar-refractivity contribution in [3.05, 3.63) is 11.1 Å². The fourth-order valence-electron chi connectivity index (χ4n) is 2.35. The number of carbonyl (C=O) groups is 1. The summed E-state index contributed by atoms with van der Waals surface area (Å²) in [5, 5.41) is 9.00. The number of rotatable bonds is 5. The van der Waals surface area contributed by atoms with Crippen molar-refractivity contribution in [3.63, 3.8) is 0 Å². The van der Waals surface area contributed by atoms with Gasteiger partial charge in [-0.25, -0.2) is 4.98 Å². The molecule has 1 saturated carbocycles. The Hall–Kier alpha value is -0.940. The first-order valence-electron chi connectivity index (χ1n) is 6.70. The highest BCUT2D eigenvalue weighted by Crippen LogP contribution is 2.27. The maximum Gasteiger partial charge on any atom is 0.229 e. The second-order valence-electron chi connectivity index (χ2n) is 4.83. The normalized spacial score (nSPS) is 17.9. The Morgan fingerprint density at radius 3 is 2.94 bits per heavy atom. The fraction of sp³-hybridized carbons (Fsp3) is 0.692. The number of hydrogen-bond donors (Lipinski definition) is 2. The van der Waals surface area contributed by atoms with Gasteiger partial charge >= 0.3 is 0 Å². The zero-order valence-corrected chi connectivity index (χ0v) is 11.8. The zero-order valence-electron chi connectivity index (χ0n) is 11.0. The van der Waals surface area contributed by atoms with E-state index in [-0.39, 0.29) is 17.9 Å². The summed E-state index contributed by atoms with van der Waals surface area (Å²) in [6, 6.07) is 0.239. The van der Waals surface area contributed by atoms with Crippen molar-refractivity contribution >= 4 is 22.4 Å². The molecule has 0 radical (unpaired) electrons. The molecule has 1 aromatic heterocycles. The number of nitrogens with zero attached hydrogens (tertiary/aromatic N) is 1. The Labute approximate surface area is 112 Å². The summed E-state index contributed by atoms with van der Waals surface area (Å²) in [6.45, 7) is 5.08. The molecule has 100 valence electrons. The molecule has 0 aliphatic heterocycles. The first-order valence-corrected chi connectivity index (χ1v) is 7.58. The first kappa shape index (κ1) is 13.5. The van der Waals surface area contributed by atoms with Gasteiger partial charge in [-0.15, -0.1) is 11.3 Å². The Morgan fingerprint density at radius 1 is 1.56 bits per heavy atom. The molecule has 1 aromatic rings. The lowest BCUT2D eigenvalue weighted by Crippen LogP contribution is -2.21. The number of carbonyl (C=O) groups excluding carboxylic acids is 1. The SMILES string of the molecule is CCNC(C)c1csc(NC(=O)C2CCCC2)n1. The van der Waals surface area contributed by atoms with Gasteiger partial charge in [0, 0.05) is 17.3 Å². The Bertz CT molecular complexity index is 399. The van der Waals surface area contributed by atoms with Crippen molar-refractivity contribution in [2.24, 2.45) is 5.92 Å². The average Bonchev–Trinajstić information content (AvgIpc) is 2.99. The predicted octanol–water partition coefficient (Wildman–Crippen LogP) is 2.94. The van der Waals surface area contributed by atoms with Crippen LogP contribution in [0.2, 0.25) is 0 Å². The highest BCUT2D eigenvalue weighted by molar-refractivity contribution is 7.13. The van der Waals surface area contributed by atoms with Crippen LogP contribution in [0.15, 0.2) is 5.38 Å². The molecule has 2 N–H and O–H groups in total. The Kier molecular flexibility index (Phi) is 4.72. The van der Waals surface area contributed by atoms with E-state index in [1.807, 2.05) is 5.38 Å². The fourth-order valence-corrected chi connectivity index (χ4v) is 3.16. The van der Waals surface area contributed by atoms with Gasteiger partial charge in [0.2, 0.25) is 5.91 Å². The highest BCUT2D eigenvalue weighted by atomic mass is 32.1. The van der Waals surface area contributed by atoms with Crippen molar-refractivity contribution in [1.29, 1.82) is 0 Å². The van der Waals surface area contributed by atoms with Gasteiger partial charge in [-0.3, -0.25) is 4.79 Å². The average molecular weight is 267 g/mol. The molecular weight excluding hydrogens is 246 g/mol. The van der Waals surface area contributed by atoms with Crippen molar-refractivity contribution in [2.75, 3.05) is 11.9 Å². The molecule has 0 bridgehead atoms. The van der Waals surface area contributed by atoms with Crippen LogP contribution in [0.4, 0.5) is 5.13 Å². The summed E-state index contributed by atoms with van der Waals surface area (Å²) in [7, 11) is 0. The van der Waals surface area contributed by atoms with E-state index in [4.69, 9.17) is 0 Å². The molecule has 5 heteroatoms. The summed E-state index contributed by atoms with van der Waals surface area (Å²) in [5.41, 5.74) is 1.00. The molecular formula is C13H21N3OS. The predicted molar refractivity (Wildman–Crippen MR) is 74.8 cm³/mol. The van der Waals surface area contributed by atoms with Crippen molar-refractivity contribution < 1.29 is 4.79 Å². The lowest BCUT2D eigenvalue weighted by Gasteiger charge is -2.09. The van der Waals surface area contributed by atoms with Gasteiger partial charge in [-0.05, 0) is 26.3 Å². The smallest absolute Gasteiger partial charge is 0.229 e. The van der Waals surface area contributed by atoms with Crippen LogP contribution in [0.3, 0.4) is 0 Å². The van der Waals surface area contributed by atoms with E-state index in [1.54, 1.807) is 0 Å². The molecule has 1 heterocycles. The molecule has 0 saturated heterocycles. The highest BCUT2D eigenvalue weighted by Gasteiger charge is 2.23. The number of hydrogen-bond acceptors (Lipinski definition) is 4. The van der Waals surface area contributed by atoms with E-state index in [0.717, 1.165) is 30.2 Å². The molecule has 4 nitrogen and oxygen atoms in total. The minimum absolute atomic E-state index is 0.143. The molecule has 0 aromatic carbocycles. The summed E-state index contributed by atoms with van der Waals surface area (Å²) in [5.74, 6) is 0.341. The van der Waals surface area contributed by atoms with E-state index < -0.39 is 0 Å². The van der Waals surface area contributed by atoms with Crippen molar-refractivity contribution in [3.8, 4) is 0 Å². The van der Waals surface area contributed by atoms with E-state index in [9.17, 15) is 4.79 Å².